The topological polar surface area (TPSA) is 69.4 Å². The van der Waals surface area contributed by atoms with Crippen LogP contribution in [0.2, 0.25) is 5.02 Å². The molecule has 1 saturated carbocycles. The number of hydrogen-bond donors (Lipinski definition) is 1. The second-order valence-corrected chi connectivity index (χ2v) is 9.30. The lowest BCUT2D eigenvalue weighted by atomic mass is 10.00. The molecule has 26 heavy (non-hydrogen) atoms. The Morgan fingerprint density at radius 3 is 2.50 bits per heavy atom. The Bertz CT molecular complexity index is 917. The molecule has 0 amide bonds. The van der Waals surface area contributed by atoms with Crippen LogP contribution in [0.1, 0.15) is 18.4 Å². The van der Waals surface area contributed by atoms with E-state index in [9.17, 15) is 8.42 Å². The number of sulfone groups is 1. The van der Waals surface area contributed by atoms with Crippen molar-refractivity contribution >= 4 is 38.6 Å². The van der Waals surface area contributed by atoms with E-state index in [0.717, 1.165) is 5.56 Å². The smallest absolute Gasteiger partial charge is 0.182 e. The highest BCUT2D eigenvalue weighted by Gasteiger charge is 2.73. The SMILES string of the molecule is CCOC[C@@]1(C(N)=S)[C@H](c2cccc(Cl)c2)[C@@H]1S(=O)(=O)c1ccccc1. The maximum Gasteiger partial charge on any atom is 0.182 e. The van der Waals surface area contributed by atoms with Crippen molar-refractivity contribution in [2.24, 2.45) is 11.1 Å². The van der Waals surface area contributed by atoms with E-state index in [1.54, 1.807) is 48.5 Å². The van der Waals surface area contributed by atoms with Crippen molar-refractivity contribution in [2.45, 2.75) is 23.0 Å². The first-order chi connectivity index (χ1) is 12.4. The molecule has 0 heterocycles. The van der Waals surface area contributed by atoms with Gasteiger partial charge in [-0.1, -0.05) is 54.2 Å². The van der Waals surface area contributed by atoms with Gasteiger partial charge in [0.2, 0.25) is 0 Å². The van der Waals surface area contributed by atoms with Gasteiger partial charge in [-0.15, -0.1) is 0 Å². The molecule has 1 aliphatic rings. The number of ether oxygens (including phenoxy) is 1. The minimum Gasteiger partial charge on any atom is -0.393 e. The number of thiocarbonyl (C=S) groups is 1. The van der Waals surface area contributed by atoms with Crippen molar-refractivity contribution < 1.29 is 13.2 Å². The van der Waals surface area contributed by atoms with Crippen molar-refractivity contribution in [3.63, 3.8) is 0 Å². The Labute approximate surface area is 164 Å². The fraction of sp³-hybridized carbons (Fsp3) is 0.316. The van der Waals surface area contributed by atoms with Gasteiger partial charge in [0.1, 0.15) is 0 Å². The molecule has 0 aromatic heterocycles. The number of hydrogen-bond acceptors (Lipinski definition) is 4. The van der Waals surface area contributed by atoms with Gasteiger partial charge in [0.15, 0.2) is 9.84 Å². The summed E-state index contributed by atoms with van der Waals surface area (Å²) in [4.78, 5) is 0.409. The summed E-state index contributed by atoms with van der Waals surface area (Å²) in [6.07, 6.45) is 0. The van der Waals surface area contributed by atoms with Crippen LogP contribution in [-0.2, 0) is 14.6 Å². The van der Waals surface area contributed by atoms with Crippen LogP contribution in [0.5, 0.6) is 0 Å². The van der Waals surface area contributed by atoms with Gasteiger partial charge < -0.3 is 10.5 Å². The summed E-state index contributed by atoms with van der Waals surface area (Å²) in [5.41, 5.74) is 5.92. The van der Waals surface area contributed by atoms with Crippen molar-refractivity contribution in [1.29, 1.82) is 0 Å². The molecule has 1 fully saturated rings. The Balaban J connectivity index is 2.12. The van der Waals surface area contributed by atoms with Crippen LogP contribution in [0, 0.1) is 5.41 Å². The third kappa shape index (κ3) is 3.16. The normalized spacial score (nSPS) is 25.0. The highest BCUT2D eigenvalue weighted by Crippen LogP contribution is 2.64. The monoisotopic (exact) mass is 409 g/mol. The summed E-state index contributed by atoms with van der Waals surface area (Å²) in [5.74, 6) is -0.393. The molecule has 0 radical (unpaired) electrons. The van der Waals surface area contributed by atoms with Crippen LogP contribution >= 0.6 is 23.8 Å². The van der Waals surface area contributed by atoms with E-state index in [1.807, 2.05) is 13.0 Å². The Kier molecular flexibility index (Phi) is 5.40. The van der Waals surface area contributed by atoms with Gasteiger partial charge in [0.05, 0.1) is 27.2 Å². The molecule has 138 valence electrons. The van der Waals surface area contributed by atoms with E-state index in [4.69, 9.17) is 34.3 Å². The fourth-order valence-corrected chi connectivity index (χ4v) is 6.59. The van der Waals surface area contributed by atoms with Gasteiger partial charge in [0, 0.05) is 17.5 Å². The summed E-state index contributed by atoms with van der Waals surface area (Å²) in [5, 5.41) is -0.238. The van der Waals surface area contributed by atoms with E-state index in [-0.39, 0.29) is 16.5 Å². The molecule has 2 N–H and O–H groups in total. The zero-order valence-corrected chi connectivity index (χ0v) is 16.7. The molecule has 2 aromatic carbocycles. The van der Waals surface area contributed by atoms with E-state index in [1.165, 1.54) is 0 Å². The molecule has 0 aliphatic heterocycles. The highest BCUT2D eigenvalue weighted by atomic mass is 35.5. The number of halogens is 1. The zero-order valence-electron chi connectivity index (χ0n) is 14.3. The van der Waals surface area contributed by atoms with Crippen LogP contribution < -0.4 is 5.73 Å². The van der Waals surface area contributed by atoms with E-state index in [2.05, 4.69) is 0 Å². The van der Waals surface area contributed by atoms with Crippen LogP contribution in [0.25, 0.3) is 0 Å². The molecular formula is C19H20ClNO3S2. The molecule has 7 heteroatoms. The number of nitrogens with two attached hydrogens (primary N) is 1. The molecule has 3 atom stereocenters. The maximum atomic E-state index is 13.3. The summed E-state index contributed by atoms with van der Waals surface area (Å²) in [6, 6.07) is 15.5. The summed E-state index contributed by atoms with van der Waals surface area (Å²) < 4.78 is 32.3. The lowest BCUT2D eigenvalue weighted by Crippen LogP contribution is -2.33. The second-order valence-electron chi connectivity index (χ2n) is 6.35. The Morgan fingerprint density at radius 1 is 1.23 bits per heavy atom. The first kappa shape index (κ1) is 19.3. The predicted octanol–water partition coefficient (Wildman–Crippen LogP) is 3.59. The quantitative estimate of drug-likeness (QED) is 0.707. The van der Waals surface area contributed by atoms with E-state index >= 15 is 0 Å². The largest absolute Gasteiger partial charge is 0.393 e. The van der Waals surface area contributed by atoms with Crippen LogP contribution in [0.15, 0.2) is 59.5 Å². The van der Waals surface area contributed by atoms with Crippen molar-refractivity contribution in [2.75, 3.05) is 13.2 Å². The first-order valence-electron chi connectivity index (χ1n) is 8.27. The van der Waals surface area contributed by atoms with Gasteiger partial charge in [-0.05, 0) is 36.8 Å². The molecule has 4 nitrogen and oxygen atoms in total. The van der Waals surface area contributed by atoms with Gasteiger partial charge in [-0.25, -0.2) is 8.42 Å². The molecule has 2 aromatic rings. The minimum absolute atomic E-state index is 0.153. The second kappa shape index (κ2) is 7.27. The van der Waals surface area contributed by atoms with Crippen molar-refractivity contribution in [3.05, 3.63) is 65.2 Å². The lowest BCUT2D eigenvalue weighted by Gasteiger charge is -2.17. The van der Waals surface area contributed by atoms with Gasteiger partial charge in [0.25, 0.3) is 0 Å². The van der Waals surface area contributed by atoms with Crippen LogP contribution in [0.4, 0.5) is 0 Å². The predicted molar refractivity (Wildman–Crippen MR) is 107 cm³/mol. The summed E-state index contributed by atoms with van der Waals surface area (Å²) in [7, 11) is -3.65. The van der Waals surface area contributed by atoms with E-state index < -0.39 is 26.4 Å². The first-order valence-corrected chi connectivity index (χ1v) is 10.6. The molecule has 0 spiro atoms. The van der Waals surface area contributed by atoms with Gasteiger partial charge >= 0.3 is 0 Å². The number of rotatable bonds is 7. The molecule has 1 aliphatic carbocycles. The Morgan fingerprint density at radius 2 is 1.92 bits per heavy atom. The standard InChI is InChI=1S/C19H20ClNO3S2/c1-2-24-12-19(18(21)25)16(13-7-6-8-14(20)11-13)17(19)26(22,23)15-9-4-3-5-10-15/h3-11,16-17H,2,12H2,1H3,(H2,21,25)/t16-,17+,19-/m1/s1. The van der Waals surface area contributed by atoms with Gasteiger partial charge in [-0.3, -0.25) is 0 Å². The summed E-state index contributed by atoms with van der Waals surface area (Å²) >= 11 is 11.4. The number of benzene rings is 2. The lowest BCUT2D eigenvalue weighted by molar-refractivity contribution is 0.121. The average Bonchev–Trinajstić information content (AvgIpc) is 3.32. The summed E-state index contributed by atoms with van der Waals surface area (Å²) in [6.45, 7) is 2.46. The van der Waals surface area contributed by atoms with Crippen molar-refractivity contribution in [3.8, 4) is 0 Å². The highest BCUT2D eigenvalue weighted by molar-refractivity contribution is 7.92. The third-order valence-electron chi connectivity index (χ3n) is 4.87. The maximum absolute atomic E-state index is 13.3. The van der Waals surface area contributed by atoms with E-state index in [0.29, 0.717) is 11.6 Å². The Hall–Kier alpha value is -1.47. The third-order valence-corrected chi connectivity index (χ3v) is 7.78. The van der Waals surface area contributed by atoms with Crippen LogP contribution in [0.3, 0.4) is 0 Å². The molecule has 0 bridgehead atoms. The van der Waals surface area contributed by atoms with Crippen LogP contribution in [-0.4, -0.2) is 31.9 Å². The zero-order chi connectivity index (χ0) is 18.9. The molecule has 0 unspecified atom stereocenters. The molecule has 0 saturated heterocycles. The fourth-order valence-electron chi connectivity index (χ4n) is 3.60. The van der Waals surface area contributed by atoms with Crippen molar-refractivity contribution in [1.82, 2.24) is 0 Å². The molecular weight excluding hydrogens is 390 g/mol. The van der Waals surface area contributed by atoms with Gasteiger partial charge in [-0.2, -0.15) is 0 Å². The molecule has 3 rings (SSSR count). The average molecular weight is 410 g/mol. The minimum atomic E-state index is -3.65.